The van der Waals surface area contributed by atoms with Gasteiger partial charge in [-0.2, -0.15) is 0 Å². The lowest BCUT2D eigenvalue weighted by Crippen LogP contribution is -2.27. The van der Waals surface area contributed by atoms with E-state index in [0.717, 1.165) is 12.1 Å². The molecule has 6 heteroatoms. The van der Waals surface area contributed by atoms with Crippen LogP contribution in [0.25, 0.3) is 0 Å². The highest BCUT2D eigenvalue weighted by atomic mass is 19.2. The van der Waals surface area contributed by atoms with Gasteiger partial charge in [0.05, 0.1) is 12.0 Å². The van der Waals surface area contributed by atoms with Gasteiger partial charge in [0.1, 0.15) is 0 Å². The fourth-order valence-corrected chi connectivity index (χ4v) is 2.24. The van der Waals surface area contributed by atoms with Crippen LogP contribution in [0.15, 0.2) is 18.2 Å². The van der Waals surface area contributed by atoms with Crippen molar-refractivity contribution in [1.82, 2.24) is 4.90 Å². The number of carboxylic acid groups (broad SMARTS) is 1. The van der Waals surface area contributed by atoms with Crippen molar-refractivity contribution in [2.24, 2.45) is 5.92 Å². The van der Waals surface area contributed by atoms with E-state index in [1.54, 1.807) is 0 Å². The van der Waals surface area contributed by atoms with Crippen LogP contribution in [0.1, 0.15) is 18.0 Å². The average molecular weight is 255 g/mol. The first-order chi connectivity index (χ1) is 8.41. The molecular weight excluding hydrogens is 244 g/mol. The maximum atomic E-state index is 13.2. The van der Waals surface area contributed by atoms with Gasteiger partial charge in [-0.3, -0.25) is 9.59 Å². The molecule has 0 aliphatic carbocycles. The van der Waals surface area contributed by atoms with E-state index in [1.165, 1.54) is 18.0 Å². The van der Waals surface area contributed by atoms with E-state index in [-0.39, 0.29) is 17.9 Å². The van der Waals surface area contributed by atoms with Gasteiger partial charge in [0, 0.05) is 13.5 Å². The van der Waals surface area contributed by atoms with Crippen molar-refractivity contribution < 1.29 is 23.5 Å². The van der Waals surface area contributed by atoms with Gasteiger partial charge < -0.3 is 10.0 Å². The van der Waals surface area contributed by atoms with Crippen LogP contribution in [0.3, 0.4) is 0 Å². The molecule has 1 aromatic carbocycles. The molecule has 0 saturated carbocycles. The van der Waals surface area contributed by atoms with Crippen LogP contribution in [-0.4, -0.2) is 28.9 Å². The molecule has 1 aromatic rings. The summed E-state index contributed by atoms with van der Waals surface area (Å²) in [6, 6.07) is 2.41. The molecule has 1 amide bonds. The van der Waals surface area contributed by atoms with Crippen LogP contribution in [0.4, 0.5) is 8.78 Å². The van der Waals surface area contributed by atoms with Gasteiger partial charge in [0.2, 0.25) is 5.91 Å². The first-order valence-corrected chi connectivity index (χ1v) is 5.35. The van der Waals surface area contributed by atoms with E-state index in [2.05, 4.69) is 0 Å². The molecule has 18 heavy (non-hydrogen) atoms. The molecule has 96 valence electrons. The molecule has 2 atom stereocenters. The summed E-state index contributed by atoms with van der Waals surface area (Å²) < 4.78 is 26.0. The molecule has 1 aliphatic rings. The second kappa shape index (κ2) is 4.36. The molecule has 2 unspecified atom stereocenters. The number of halogens is 2. The lowest BCUT2D eigenvalue weighted by Gasteiger charge is -2.23. The highest BCUT2D eigenvalue weighted by molar-refractivity contribution is 5.87. The Labute approximate surface area is 102 Å². The van der Waals surface area contributed by atoms with E-state index in [9.17, 15) is 18.4 Å². The largest absolute Gasteiger partial charge is 0.481 e. The molecule has 1 aliphatic heterocycles. The Bertz CT molecular complexity index is 518. The zero-order valence-electron chi connectivity index (χ0n) is 9.56. The minimum Gasteiger partial charge on any atom is -0.481 e. The number of amides is 1. The number of hydrogen-bond acceptors (Lipinski definition) is 2. The van der Waals surface area contributed by atoms with E-state index in [1.807, 2.05) is 0 Å². The van der Waals surface area contributed by atoms with Gasteiger partial charge >= 0.3 is 5.97 Å². The van der Waals surface area contributed by atoms with E-state index in [0.29, 0.717) is 0 Å². The summed E-state index contributed by atoms with van der Waals surface area (Å²) in [6.45, 7) is 0. The number of benzene rings is 1. The van der Waals surface area contributed by atoms with Gasteiger partial charge in [-0.1, -0.05) is 6.07 Å². The smallest absolute Gasteiger partial charge is 0.309 e. The van der Waals surface area contributed by atoms with Crippen molar-refractivity contribution in [3.05, 3.63) is 35.4 Å². The van der Waals surface area contributed by atoms with Gasteiger partial charge in [0.15, 0.2) is 11.6 Å². The quantitative estimate of drug-likeness (QED) is 0.872. The number of nitrogens with zero attached hydrogens (tertiary/aromatic N) is 1. The average Bonchev–Trinajstić information content (AvgIpc) is 2.60. The van der Waals surface area contributed by atoms with Crippen molar-refractivity contribution >= 4 is 11.9 Å². The zero-order chi connectivity index (χ0) is 13.4. The van der Waals surface area contributed by atoms with Gasteiger partial charge in [0.25, 0.3) is 0 Å². The third kappa shape index (κ3) is 1.94. The van der Waals surface area contributed by atoms with Crippen molar-refractivity contribution in [3.8, 4) is 0 Å². The predicted octanol–water partition coefficient (Wildman–Crippen LogP) is 1.57. The molecule has 0 aromatic heterocycles. The molecule has 1 heterocycles. The standard InChI is InChI=1S/C12H11F2NO3/c1-15-10(16)5-7(12(17)18)11(15)6-2-3-8(13)9(14)4-6/h2-4,7,11H,5H2,1H3,(H,17,18). The Balaban J connectivity index is 2.42. The summed E-state index contributed by atoms with van der Waals surface area (Å²) in [6.07, 6.45) is -0.129. The number of carbonyl (C=O) groups is 2. The van der Waals surface area contributed by atoms with Gasteiger partial charge in [-0.05, 0) is 17.7 Å². The number of hydrogen-bond donors (Lipinski definition) is 1. The number of likely N-dealkylation sites (tertiary alicyclic amines) is 1. The van der Waals surface area contributed by atoms with Crippen molar-refractivity contribution in [2.75, 3.05) is 7.05 Å². The zero-order valence-corrected chi connectivity index (χ0v) is 9.56. The van der Waals surface area contributed by atoms with Crippen LogP contribution in [0.2, 0.25) is 0 Å². The summed E-state index contributed by atoms with van der Waals surface area (Å²) in [5, 5.41) is 9.06. The van der Waals surface area contributed by atoms with Crippen molar-refractivity contribution in [2.45, 2.75) is 12.5 Å². The molecule has 1 saturated heterocycles. The van der Waals surface area contributed by atoms with Crippen LogP contribution >= 0.6 is 0 Å². The second-order valence-corrected chi connectivity index (χ2v) is 4.27. The first-order valence-electron chi connectivity index (χ1n) is 5.35. The minimum absolute atomic E-state index is 0.129. The molecule has 0 bridgehead atoms. The van der Waals surface area contributed by atoms with Crippen LogP contribution in [0.5, 0.6) is 0 Å². The highest BCUT2D eigenvalue weighted by Gasteiger charge is 2.42. The molecule has 0 radical (unpaired) electrons. The maximum Gasteiger partial charge on any atom is 0.309 e. The summed E-state index contributed by atoms with van der Waals surface area (Å²) >= 11 is 0. The number of carbonyl (C=O) groups excluding carboxylic acids is 1. The second-order valence-electron chi connectivity index (χ2n) is 4.27. The Morgan fingerprint density at radius 1 is 1.39 bits per heavy atom. The number of carboxylic acids is 1. The third-order valence-electron chi connectivity index (χ3n) is 3.19. The topological polar surface area (TPSA) is 57.6 Å². The SMILES string of the molecule is CN1C(=O)CC(C(=O)O)C1c1ccc(F)c(F)c1. The summed E-state index contributed by atoms with van der Waals surface area (Å²) in [7, 11) is 1.46. The molecule has 2 rings (SSSR count). The van der Waals surface area contributed by atoms with Crippen LogP contribution in [0, 0.1) is 17.6 Å². The Morgan fingerprint density at radius 2 is 2.06 bits per heavy atom. The fourth-order valence-electron chi connectivity index (χ4n) is 2.24. The monoisotopic (exact) mass is 255 g/mol. The van der Waals surface area contributed by atoms with Crippen LogP contribution < -0.4 is 0 Å². The van der Waals surface area contributed by atoms with Gasteiger partial charge in [-0.25, -0.2) is 8.78 Å². The fraction of sp³-hybridized carbons (Fsp3) is 0.333. The normalized spacial score (nSPS) is 23.5. The predicted molar refractivity (Wildman–Crippen MR) is 57.6 cm³/mol. The number of aliphatic carboxylic acids is 1. The third-order valence-corrected chi connectivity index (χ3v) is 3.19. The molecule has 1 N–H and O–H groups in total. The summed E-state index contributed by atoms with van der Waals surface area (Å²) in [4.78, 5) is 23.9. The first kappa shape index (κ1) is 12.5. The van der Waals surface area contributed by atoms with Gasteiger partial charge in [-0.15, -0.1) is 0 Å². The lowest BCUT2D eigenvalue weighted by atomic mass is 9.94. The Hall–Kier alpha value is -1.98. The van der Waals surface area contributed by atoms with E-state index < -0.39 is 29.6 Å². The molecule has 1 fully saturated rings. The molecule has 4 nitrogen and oxygen atoms in total. The Kier molecular flexibility index (Phi) is 3.02. The van der Waals surface area contributed by atoms with Crippen LogP contribution in [-0.2, 0) is 9.59 Å². The summed E-state index contributed by atoms with van der Waals surface area (Å²) in [5.41, 5.74) is 0.287. The summed E-state index contributed by atoms with van der Waals surface area (Å²) in [5.74, 6) is -4.44. The minimum atomic E-state index is -1.12. The molecule has 0 spiro atoms. The van der Waals surface area contributed by atoms with Crippen molar-refractivity contribution in [3.63, 3.8) is 0 Å². The molecular formula is C12H11F2NO3. The number of rotatable bonds is 2. The van der Waals surface area contributed by atoms with E-state index in [4.69, 9.17) is 5.11 Å². The maximum absolute atomic E-state index is 13.2. The van der Waals surface area contributed by atoms with E-state index >= 15 is 0 Å². The lowest BCUT2D eigenvalue weighted by molar-refractivity contribution is -0.142. The van der Waals surface area contributed by atoms with Crippen molar-refractivity contribution in [1.29, 1.82) is 0 Å². The Morgan fingerprint density at radius 3 is 2.61 bits per heavy atom. The highest BCUT2D eigenvalue weighted by Crippen LogP contribution is 2.37.